The molecule has 0 spiro atoms. The number of nitrogens with one attached hydrogen (secondary N) is 2. The fraction of sp³-hybridized carbons (Fsp3) is 0.348. The second-order valence-corrected chi connectivity index (χ2v) is 8.31. The number of aliphatic hydroxyl groups is 1. The minimum Gasteiger partial charge on any atom is -0.393 e. The van der Waals surface area contributed by atoms with Gasteiger partial charge in [0, 0.05) is 24.7 Å². The van der Waals surface area contributed by atoms with Gasteiger partial charge in [0.2, 0.25) is 5.91 Å². The number of amides is 2. The van der Waals surface area contributed by atoms with Crippen molar-refractivity contribution in [1.29, 1.82) is 0 Å². The Hall–Kier alpha value is -2.76. The second kappa shape index (κ2) is 11.6. The number of benzene rings is 1. The van der Waals surface area contributed by atoms with Crippen LogP contribution in [0.15, 0.2) is 42.6 Å². The van der Waals surface area contributed by atoms with E-state index in [0.29, 0.717) is 18.7 Å². The molecule has 0 aliphatic carbocycles. The molecule has 3 rings (SSSR count). The Morgan fingerprint density at radius 2 is 1.90 bits per heavy atom. The van der Waals surface area contributed by atoms with Crippen molar-refractivity contribution in [1.82, 2.24) is 20.2 Å². The number of carbonyl (C=O) groups is 2. The highest BCUT2D eigenvalue weighted by Gasteiger charge is 2.14. The number of aliphatic hydroxyl groups excluding tert-OH is 1. The number of nitrogens with zero attached hydrogens (tertiary/aromatic N) is 2. The molecular formula is C23H31N4O3P. The minimum absolute atomic E-state index is 0.0816. The number of fused-ring (bicyclic) bond motifs is 1. The van der Waals surface area contributed by atoms with Crippen LogP contribution < -0.4 is 10.6 Å². The second-order valence-electron chi connectivity index (χ2n) is 7.64. The lowest BCUT2D eigenvalue weighted by atomic mass is 10.2. The Bertz CT molecular complexity index is 994. The molecule has 0 fully saturated rings. The SMILES string of the molecule is Cc1cc2cc(C(=O)NCC(=O)N(C)CCC(C)O)[nH]c2cn1.Cc1ccc(P)cc1. The predicted octanol–water partition coefficient (Wildman–Crippen LogP) is 2.33. The summed E-state index contributed by atoms with van der Waals surface area (Å²) in [6, 6.07) is 12.0. The van der Waals surface area contributed by atoms with E-state index in [1.165, 1.54) is 15.8 Å². The van der Waals surface area contributed by atoms with Gasteiger partial charge in [0.25, 0.3) is 5.91 Å². The summed E-state index contributed by atoms with van der Waals surface area (Å²) in [5, 5.41) is 14.0. The highest BCUT2D eigenvalue weighted by atomic mass is 31.0. The standard InChI is InChI=1S/C16H22N4O3.C7H9P/c1-10-6-12-7-13(19-14(12)8-17-10)16(23)18-9-15(22)20(3)5-4-11(2)21;1-6-2-4-7(8)5-3-6/h6-8,11,19,21H,4-5,9H2,1-3H3,(H,18,23);2-5H,8H2,1H3. The number of aryl methyl sites for hydroxylation is 2. The lowest BCUT2D eigenvalue weighted by molar-refractivity contribution is -0.129. The van der Waals surface area contributed by atoms with Crippen molar-refractivity contribution in [3.63, 3.8) is 0 Å². The summed E-state index contributed by atoms with van der Waals surface area (Å²) >= 11 is 0. The largest absolute Gasteiger partial charge is 0.393 e. The van der Waals surface area contributed by atoms with Gasteiger partial charge in [-0.1, -0.05) is 29.8 Å². The van der Waals surface area contributed by atoms with Gasteiger partial charge in [0.05, 0.1) is 24.4 Å². The molecule has 2 amide bonds. The molecule has 31 heavy (non-hydrogen) atoms. The van der Waals surface area contributed by atoms with Gasteiger partial charge in [-0.25, -0.2) is 0 Å². The monoisotopic (exact) mass is 442 g/mol. The van der Waals surface area contributed by atoms with Gasteiger partial charge in [-0.3, -0.25) is 14.6 Å². The molecule has 2 atom stereocenters. The maximum atomic E-state index is 12.1. The fourth-order valence-electron chi connectivity index (χ4n) is 2.72. The number of hydrogen-bond donors (Lipinski definition) is 3. The average molecular weight is 443 g/mol. The molecular weight excluding hydrogens is 411 g/mol. The molecule has 0 aliphatic heterocycles. The fourth-order valence-corrected chi connectivity index (χ4v) is 2.91. The normalized spacial score (nSPS) is 11.4. The maximum Gasteiger partial charge on any atom is 0.268 e. The Labute approximate surface area is 185 Å². The first-order valence-corrected chi connectivity index (χ1v) is 10.7. The van der Waals surface area contributed by atoms with Crippen LogP contribution in [0.3, 0.4) is 0 Å². The minimum atomic E-state index is -0.455. The molecule has 0 saturated carbocycles. The third kappa shape index (κ3) is 8.12. The van der Waals surface area contributed by atoms with Crippen LogP contribution >= 0.6 is 9.24 Å². The van der Waals surface area contributed by atoms with E-state index in [1.54, 1.807) is 26.2 Å². The first-order valence-electron chi connectivity index (χ1n) is 10.1. The summed E-state index contributed by atoms with van der Waals surface area (Å²) in [6.45, 7) is 6.01. The van der Waals surface area contributed by atoms with Crippen molar-refractivity contribution in [3.8, 4) is 0 Å². The van der Waals surface area contributed by atoms with Crippen molar-refractivity contribution >= 4 is 37.3 Å². The third-order valence-electron chi connectivity index (χ3n) is 4.67. The Morgan fingerprint density at radius 1 is 1.23 bits per heavy atom. The van der Waals surface area contributed by atoms with Gasteiger partial charge in [-0.2, -0.15) is 0 Å². The van der Waals surface area contributed by atoms with E-state index in [9.17, 15) is 14.7 Å². The molecule has 8 heteroatoms. The number of aromatic amines is 1. The van der Waals surface area contributed by atoms with Crippen LogP contribution in [0, 0.1) is 13.8 Å². The third-order valence-corrected chi connectivity index (χ3v) is 5.06. The van der Waals surface area contributed by atoms with Crippen LogP contribution in [-0.4, -0.2) is 58.0 Å². The van der Waals surface area contributed by atoms with Crippen molar-refractivity contribution in [2.75, 3.05) is 20.1 Å². The quantitative estimate of drug-likeness (QED) is 0.511. The molecule has 0 bridgehead atoms. The number of rotatable bonds is 6. The van der Waals surface area contributed by atoms with E-state index < -0.39 is 6.10 Å². The Balaban J connectivity index is 0.000000357. The molecule has 2 aromatic heterocycles. The first kappa shape index (κ1) is 24.5. The van der Waals surface area contributed by atoms with E-state index in [1.807, 2.05) is 13.0 Å². The molecule has 0 aliphatic rings. The highest BCUT2D eigenvalue weighted by Crippen LogP contribution is 2.15. The molecule has 2 heterocycles. The van der Waals surface area contributed by atoms with E-state index in [-0.39, 0.29) is 18.4 Å². The summed E-state index contributed by atoms with van der Waals surface area (Å²) in [6.07, 6.45) is 1.73. The van der Waals surface area contributed by atoms with Crippen molar-refractivity contribution in [2.24, 2.45) is 0 Å². The smallest absolute Gasteiger partial charge is 0.268 e. The topological polar surface area (TPSA) is 98.3 Å². The number of hydrogen-bond acceptors (Lipinski definition) is 4. The summed E-state index contributed by atoms with van der Waals surface area (Å²) in [5.41, 5.74) is 3.36. The van der Waals surface area contributed by atoms with E-state index in [2.05, 4.69) is 55.7 Å². The van der Waals surface area contributed by atoms with Crippen molar-refractivity contribution < 1.29 is 14.7 Å². The number of likely N-dealkylation sites (N-methyl/N-ethyl adjacent to an activating group) is 1. The van der Waals surface area contributed by atoms with Crippen molar-refractivity contribution in [3.05, 3.63) is 59.5 Å². The van der Waals surface area contributed by atoms with Crippen LogP contribution in [0.1, 0.15) is 35.1 Å². The number of pyridine rings is 1. The molecule has 2 unspecified atom stereocenters. The van der Waals surface area contributed by atoms with Crippen LogP contribution in [0.5, 0.6) is 0 Å². The summed E-state index contributed by atoms with van der Waals surface area (Å²) in [4.78, 5) is 32.7. The van der Waals surface area contributed by atoms with Gasteiger partial charge in [0.1, 0.15) is 5.69 Å². The van der Waals surface area contributed by atoms with Gasteiger partial charge >= 0.3 is 0 Å². The van der Waals surface area contributed by atoms with Gasteiger partial charge in [-0.05, 0) is 44.6 Å². The van der Waals surface area contributed by atoms with E-state index in [0.717, 1.165) is 16.6 Å². The summed E-state index contributed by atoms with van der Waals surface area (Å²) in [7, 11) is 4.30. The maximum absolute atomic E-state index is 12.1. The van der Waals surface area contributed by atoms with Gasteiger partial charge in [0.15, 0.2) is 0 Å². The van der Waals surface area contributed by atoms with E-state index >= 15 is 0 Å². The van der Waals surface area contributed by atoms with Crippen LogP contribution in [0.2, 0.25) is 0 Å². The number of H-pyrrole nitrogens is 1. The van der Waals surface area contributed by atoms with Crippen LogP contribution in [-0.2, 0) is 4.79 Å². The van der Waals surface area contributed by atoms with Gasteiger partial charge in [-0.15, -0.1) is 9.24 Å². The molecule has 3 N–H and O–H groups in total. The lowest BCUT2D eigenvalue weighted by Gasteiger charge is -2.18. The summed E-state index contributed by atoms with van der Waals surface area (Å²) < 4.78 is 0. The molecule has 3 aromatic rings. The van der Waals surface area contributed by atoms with Crippen molar-refractivity contribution in [2.45, 2.75) is 33.3 Å². The zero-order chi connectivity index (χ0) is 23.0. The highest BCUT2D eigenvalue weighted by molar-refractivity contribution is 7.27. The molecule has 0 saturated heterocycles. The summed E-state index contributed by atoms with van der Waals surface area (Å²) in [5.74, 6) is -0.538. The average Bonchev–Trinajstić information content (AvgIpc) is 3.15. The Kier molecular flexibility index (Phi) is 9.16. The van der Waals surface area contributed by atoms with E-state index in [4.69, 9.17) is 0 Å². The molecule has 166 valence electrons. The molecule has 1 aromatic carbocycles. The van der Waals surface area contributed by atoms with Crippen LogP contribution in [0.4, 0.5) is 0 Å². The van der Waals surface area contributed by atoms with Crippen LogP contribution in [0.25, 0.3) is 10.9 Å². The Morgan fingerprint density at radius 3 is 2.52 bits per heavy atom. The predicted molar refractivity (Wildman–Crippen MR) is 128 cm³/mol. The number of aromatic nitrogens is 2. The lowest BCUT2D eigenvalue weighted by Crippen LogP contribution is -2.39. The zero-order valence-electron chi connectivity index (χ0n) is 18.5. The van der Waals surface area contributed by atoms with Gasteiger partial charge < -0.3 is 20.3 Å². The molecule has 7 nitrogen and oxygen atoms in total. The number of carbonyl (C=O) groups excluding carboxylic acids is 2. The molecule has 0 radical (unpaired) electrons. The first-order chi connectivity index (χ1) is 14.7. The zero-order valence-corrected chi connectivity index (χ0v) is 19.6.